The fraction of sp³-hybridized carbons (Fsp3) is 0.171. The number of amides is 2. The molecule has 2 fully saturated rings. The third-order valence-electron chi connectivity index (χ3n) is 8.50. The molecule has 0 aliphatic carbocycles. The Morgan fingerprint density at radius 1 is 0.818 bits per heavy atom. The van der Waals surface area contributed by atoms with Crippen LogP contribution in [0.2, 0.25) is 0 Å². The van der Waals surface area contributed by atoms with Gasteiger partial charge in [0.1, 0.15) is 5.54 Å². The molecule has 4 aromatic rings. The highest BCUT2D eigenvalue weighted by molar-refractivity contribution is 6.09. The van der Waals surface area contributed by atoms with E-state index in [9.17, 15) is 29.6 Å². The van der Waals surface area contributed by atoms with Crippen LogP contribution in [0.5, 0.6) is 0 Å². The minimum Gasteiger partial charge on any atom is -0.480 e. The molecule has 0 bridgehead atoms. The van der Waals surface area contributed by atoms with E-state index in [-0.39, 0.29) is 18.7 Å². The molecule has 2 saturated heterocycles. The van der Waals surface area contributed by atoms with Gasteiger partial charge in [0.25, 0.3) is 5.69 Å². The molecule has 0 radical (unpaired) electrons. The van der Waals surface area contributed by atoms with Crippen LogP contribution in [0.1, 0.15) is 33.9 Å². The van der Waals surface area contributed by atoms with Gasteiger partial charge in [0.15, 0.2) is 0 Å². The minimum absolute atomic E-state index is 0.0364. The predicted octanol–water partition coefficient (Wildman–Crippen LogP) is 5.28. The van der Waals surface area contributed by atoms with Gasteiger partial charge in [0.2, 0.25) is 11.8 Å². The number of nitro benzene ring substituents is 1. The maximum Gasteiger partial charge on any atom is 0.325 e. The number of nitro groups is 1. The quantitative estimate of drug-likeness (QED) is 0.118. The van der Waals surface area contributed by atoms with Crippen molar-refractivity contribution in [2.45, 2.75) is 24.5 Å². The summed E-state index contributed by atoms with van der Waals surface area (Å²) in [5.41, 5.74) is 1.94. The Morgan fingerprint density at radius 2 is 1.41 bits per heavy atom. The Morgan fingerprint density at radius 3 is 2.00 bits per heavy atom. The Hall–Kier alpha value is -5.41. The van der Waals surface area contributed by atoms with Crippen LogP contribution >= 0.6 is 0 Å². The Bertz CT molecular complexity index is 1740. The van der Waals surface area contributed by atoms with Crippen molar-refractivity contribution >= 4 is 35.6 Å². The van der Waals surface area contributed by atoms with Crippen molar-refractivity contribution in [1.29, 1.82) is 0 Å². The van der Waals surface area contributed by atoms with Crippen molar-refractivity contribution < 1.29 is 24.4 Å². The number of rotatable bonds is 9. The van der Waals surface area contributed by atoms with Gasteiger partial charge < -0.3 is 5.11 Å². The molecule has 6 rings (SSSR count). The molecule has 2 N–H and O–H groups in total. The topological polar surface area (TPSA) is 130 Å². The number of nitrogens with zero attached hydrogens (tertiary/aromatic N) is 2. The van der Waals surface area contributed by atoms with E-state index in [1.54, 1.807) is 0 Å². The van der Waals surface area contributed by atoms with Gasteiger partial charge in [0.05, 0.1) is 23.3 Å². The number of fused-ring (bicyclic) bond motifs is 1. The van der Waals surface area contributed by atoms with Crippen molar-refractivity contribution in [2.75, 3.05) is 0 Å². The summed E-state index contributed by atoms with van der Waals surface area (Å²) < 4.78 is 0. The van der Waals surface area contributed by atoms with Gasteiger partial charge in [-0.2, -0.15) is 0 Å². The lowest BCUT2D eigenvalue weighted by molar-refractivity contribution is -0.384. The number of likely N-dealkylation sites (tertiary alicyclic amines) is 1. The lowest BCUT2D eigenvalue weighted by atomic mass is 9.76. The second kappa shape index (κ2) is 11.7. The molecule has 9 heteroatoms. The second-order valence-electron chi connectivity index (χ2n) is 11.2. The number of carbonyl (C=O) groups excluding carboxylic acids is 2. The zero-order chi connectivity index (χ0) is 30.8. The van der Waals surface area contributed by atoms with E-state index in [2.05, 4.69) is 5.32 Å². The molecular formula is C35H29N3O6. The van der Waals surface area contributed by atoms with E-state index >= 15 is 0 Å². The summed E-state index contributed by atoms with van der Waals surface area (Å²) in [5, 5.41) is 25.1. The number of hydrogen-bond donors (Lipinski definition) is 2. The smallest absolute Gasteiger partial charge is 0.325 e. The number of carbonyl (C=O) groups is 3. The van der Waals surface area contributed by atoms with E-state index in [0.717, 1.165) is 16.7 Å². The summed E-state index contributed by atoms with van der Waals surface area (Å²) in [7, 11) is 0. The lowest BCUT2D eigenvalue weighted by Gasteiger charge is -2.31. The molecule has 2 aliphatic rings. The number of imide groups is 1. The first-order valence-electron chi connectivity index (χ1n) is 14.2. The molecule has 0 aromatic heterocycles. The first-order valence-corrected chi connectivity index (χ1v) is 14.2. The number of carboxylic acids is 1. The summed E-state index contributed by atoms with van der Waals surface area (Å²) in [5.74, 6) is -4.38. The van der Waals surface area contributed by atoms with Gasteiger partial charge in [-0.15, -0.1) is 0 Å². The van der Waals surface area contributed by atoms with Gasteiger partial charge in [-0.25, -0.2) is 0 Å². The van der Waals surface area contributed by atoms with E-state index in [1.807, 2.05) is 97.1 Å². The SMILES string of the molecule is O=C1C2C(c3ccc(/C=C/c4ccccc4)cc3)NC(Cc3ccc([N+](=O)[O-])cc3)(C(=O)O)C2C(=O)N1Cc1ccccc1. The summed E-state index contributed by atoms with van der Waals surface area (Å²) >= 11 is 0. The van der Waals surface area contributed by atoms with Crippen molar-refractivity contribution in [3.63, 3.8) is 0 Å². The molecule has 0 spiro atoms. The van der Waals surface area contributed by atoms with Gasteiger partial charge in [-0.05, 0) is 27.8 Å². The summed E-state index contributed by atoms with van der Waals surface area (Å²) in [6.45, 7) is 0.0364. The number of aliphatic carboxylic acids is 1. The second-order valence-corrected chi connectivity index (χ2v) is 11.2. The number of nitrogens with one attached hydrogen (secondary N) is 1. The molecule has 4 atom stereocenters. The Labute approximate surface area is 253 Å². The fourth-order valence-corrected chi connectivity index (χ4v) is 6.33. The summed E-state index contributed by atoms with van der Waals surface area (Å²) in [4.78, 5) is 53.0. The molecule has 2 aliphatic heterocycles. The van der Waals surface area contributed by atoms with Crippen LogP contribution in [0.25, 0.3) is 12.2 Å². The standard InChI is InChI=1S/C35H29N3O6/c39-32-29-30(33(40)37(32)22-26-9-5-2-6-10-26)35(34(41)42,21-25-15-19-28(20-16-25)38(43)44)36-31(29)27-17-13-24(14-18-27)12-11-23-7-3-1-4-8-23/h1-20,29-31,36H,21-22H2,(H,41,42)/b12-11+. The highest BCUT2D eigenvalue weighted by Crippen LogP contribution is 2.50. The van der Waals surface area contributed by atoms with Crippen LogP contribution in [0.15, 0.2) is 109 Å². The Kier molecular flexibility index (Phi) is 7.63. The monoisotopic (exact) mass is 587 g/mol. The van der Waals surface area contributed by atoms with Crippen molar-refractivity contribution in [3.05, 3.63) is 147 Å². The molecule has 220 valence electrons. The predicted molar refractivity (Wildman–Crippen MR) is 164 cm³/mol. The molecule has 2 amide bonds. The van der Waals surface area contributed by atoms with Crippen molar-refractivity contribution in [1.82, 2.24) is 10.2 Å². The highest BCUT2D eigenvalue weighted by Gasteiger charge is 2.68. The summed E-state index contributed by atoms with van der Waals surface area (Å²) in [6, 6.07) is 31.3. The minimum atomic E-state index is -1.82. The maximum absolute atomic E-state index is 14.0. The number of hydrogen-bond acceptors (Lipinski definition) is 6. The first-order chi connectivity index (χ1) is 21.3. The zero-order valence-electron chi connectivity index (χ0n) is 23.6. The maximum atomic E-state index is 14.0. The van der Waals surface area contributed by atoms with E-state index in [0.29, 0.717) is 11.1 Å². The van der Waals surface area contributed by atoms with Crippen molar-refractivity contribution in [2.24, 2.45) is 11.8 Å². The average Bonchev–Trinajstić information content (AvgIpc) is 3.51. The molecule has 4 aromatic carbocycles. The number of non-ortho nitro benzene ring substituents is 1. The zero-order valence-corrected chi connectivity index (χ0v) is 23.6. The molecule has 4 unspecified atom stereocenters. The third kappa shape index (κ3) is 5.29. The van der Waals surface area contributed by atoms with Crippen LogP contribution in [-0.4, -0.2) is 38.3 Å². The number of carboxylic acid groups (broad SMARTS) is 1. The van der Waals surface area contributed by atoms with Crippen LogP contribution in [0.3, 0.4) is 0 Å². The van der Waals surface area contributed by atoms with Crippen LogP contribution in [0.4, 0.5) is 5.69 Å². The normalized spacial score (nSPS) is 22.8. The molecule has 44 heavy (non-hydrogen) atoms. The lowest BCUT2D eigenvalue weighted by Crippen LogP contribution is -2.57. The van der Waals surface area contributed by atoms with Crippen LogP contribution in [0, 0.1) is 22.0 Å². The molecule has 9 nitrogen and oxygen atoms in total. The van der Waals surface area contributed by atoms with Gasteiger partial charge in [-0.3, -0.25) is 34.7 Å². The third-order valence-corrected chi connectivity index (χ3v) is 8.50. The first kappa shape index (κ1) is 28.7. The van der Waals surface area contributed by atoms with E-state index in [1.165, 1.54) is 29.2 Å². The molecular weight excluding hydrogens is 558 g/mol. The van der Waals surface area contributed by atoms with Crippen molar-refractivity contribution in [3.8, 4) is 0 Å². The van der Waals surface area contributed by atoms with Gasteiger partial charge in [0, 0.05) is 24.6 Å². The van der Waals surface area contributed by atoms with Crippen LogP contribution in [-0.2, 0) is 27.3 Å². The van der Waals surface area contributed by atoms with E-state index in [4.69, 9.17) is 0 Å². The Balaban J connectivity index is 1.37. The fourth-order valence-electron chi connectivity index (χ4n) is 6.33. The van der Waals surface area contributed by atoms with E-state index < -0.39 is 46.1 Å². The number of benzene rings is 4. The molecule has 2 heterocycles. The highest BCUT2D eigenvalue weighted by atomic mass is 16.6. The van der Waals surface area contributed by atoms with Gasteiger partial charge in [-0.1, -0.05) is 109 Å². The summed E-state index contributed by atoms with van der Waals surface area (Å²) in [6.07, 6.45) is 3.80. The average molecular weight is 588 g/mol. The molecule has 0 saturated carbocycles. The van der Waals surface area contributed by atoms with Crippen LogP contribution < -0.4 is 5.32 Å². The van der Waals surface area contributed by atoms with Gasteiger partial charge >= 0.3 is 5.97 Å². The largest absolute Gasteiger partial charge is 0.480 e.